The average Bonchev–Trinajstić information content (AvgIpc) is 2.21. The Balaban J connectivity index is 2.18. The van der Waals surface area contributed by atoms with Crippen molar-refractivity contribution in [3.05, 3.63) is 25.3 Å². The topological polar surface area (TPSA) is 32.3 Å². The minimum atomic E-state index is 0.178. The van der Waals surface area contributed by atoms with Gasteiger partial charge in [0.15, 0.2) is 0 Å². The van der Waals surface area contributed by atoms with Crippen molar-refractivity contribution in [2.24, 2.45) is 5.92 Å². The Kier molecular flexibility index (Phi) is 6.26. The first kappa shape index (κ1) is 13.3. The van der Waals surface area contributed by atoms with Crippen LogP contribution in [0.25, 0.3) is 0 Å². The molecule has 0 aromatic rings. The van der Waals surface area contributed by atoms with Crippen molar-refractivity contribution in [2.45, 2.75) is 0 Å². The fraction of sp³-hybridized carbons (Fsp3) is 0.583. The zero-order valence-electron chi connectivity index (χ0n) is 9.65. The fourth-order valence-corrected chi connectivity index (χ4v) is 2.50. The van der Waals surface area contributed by atoms with Gasteiger partial charge in [0.2, 0.25) is 5.91 Å². The quantitative estimate of drug-likeness (QED) is 0.646. The van der Waals surface area contributed by atoms with Crippen LogP contribution in [0.1, 0.15) is 0 Å². The lowest BCUT2D eigenvalue weighted by atomic mass is 10.1. The van der Waals surface area contributed by atoms with E-state index in [9.17, 15) is 4.79 Å². The van der Waals surface area contributed by atoms with Crippen LogP contribution in [0.5, 0.6) is 0 Å². The summed E-state index contributed by atoms with van der Waals surface area (Å²) >= 11 is 1.73. The number of hydrogen-bond acceptors (Lipinski definition) is 3. The number of nitrogens with zero attached hydrogens (tertiary/aromatic N) is 1. The largest absolute Gasteiger partial charge is 0.335 e. The predicted octanol–water partition coefficient (Wildman–Crippen LogP) is 1.14. The van der Waals surface area contributed by atoms with Crippen LogP contribution >= 0.6 is 11.8 Å². The highest BCUT2D eigenvalue weighted by atomic mass is 32.2. The molecule has 1 amide bonds. The van der Waals surface area contributed by atoms with Gasteiger partial charge in [0.05, 0.1) is 5.75 Å². The van der Waals surface area contributed by atoms with E-state index in [1.807, 2.05) is 0 Å². The van der Waals surface area contributed by atoms with Crippen LogP contribution in [0, 0.1) is 5.92 Å². The summed E-state index contributed by atoms with van der Waals surface area (Å²) in [4.78, 5) is 13.6. The van der Waals surface area contributed by atoms with Crippen LogP contribution in [0.15, 0.2) is 25.3 Å². The molecule has 16 heavy (non-hydrogen) atoms. The normalized spacial score (nSPS) is 15.2. The van der Waals surface area contributed by atoms with E-state index < -0.39 is 0 Å². The van der Waals surface area contributed by atoms with Gasteiger partial charge in [-0.05, 0) is 24.8 Å². The molecule has 0 unspecified atom stereocenters. The minimum absolute atomic E-state index is 0.178. The molecule has 1 aliphatic rings. The van der Waals surface area contributed by atoms with E-state index in [4.69, 9.17) is 0 Å². The molecule has 0 bridgehead atoms. The first-order valence-corrected chi connectivity index (χ1v) is 6.71. The third-order valence-electron chi connectivity index (χ3n) is 2.50. The average molecular weight is 240 g/mol. The molecule has 1 heterocycles. The molecule has 1 saturated heterocycles. The van der Waals surface area contributed by atoms with Gasteiger partial charge < -0.3 is 10.2 Å². The second kappa shape index (κ2) is 7.52. The second-order valence-electron chi connectivity index (χ2n) is 3.92. The van der Waals surface area contributed by atoms with Crippen LogP contribution in [0.3, 0.4) is 0 Å². The Bertz CT molecular complexity index is 241. The van der Waals surface area contributed by atoms with Crippen LogP contribution in [-0.2, 0) is 4.79 Å². The van der Waals surface area contributed by atoms with Crippen molar-refractivity contribution in [2.75, 3.05) is 37.7 Å². The molecule has 0 saturated carbocycles. The van der Waals surface area contributed by atoms with Gasteiger partial charge in [-0.2, -0.15) is 11.8 Å². The summed E-state index contributed by atoms with van der Waals surface area (Å²) in [6.07, 6.45) is 3.50. The number of thioether (sulfide) groups is 1. The number of carbonyl (C=O) groups excluding carboxylic acids is 1. The molecular weight excluding hydrogens is 220 g/mol. The van der Waals surface area contributed by atoms with Crippen LogP contribution < -0.4 is 5.32 Å². The fourth-order valence-electron chi connectivity index (χ4n) is 1.46. The standard InChI is InChI=1S/C12H20N2OS/c1-3-5-14(6-4-2)12(15)10-16-9-11-7-13-8-11/h3-4,11,13H,1-2,5-10H2. The van der Waals surface area contributed by atoms with Crippen LogP contribution in [-0.4, -0.2) is 48.5 Å². The Morgan fingerprint density at radius 2 is 2.00 bits per heavy atom. The minimum Gasteiger partial charge on any atom is -0.335 e. The van der Waals surface area contributed by atoms with Gasteiger partial charge in [-0.25, -0.2) is 0 Å². The molecule has 0 aliphatic carbocycles. The molecule has 0 aromatic carbocycles. The lowest BCUT2D eigenvalue weighted by molar-refractivity contribution is -0.127. The summed E-state index contributed by atoms with van der Waals surface area (Å²) in [5.41, 5.74) is 0. The highest BCUT2D eigenvalue weighted by Gasteiger charge is 2.17. The smallest absolute Gasteiger partial charge is 0.233 e. The summed E-state index contributed by atoms with van der Waals surface area (Å²) in [7, 11) is 0. The molecule has 0 atom stereocenters. The Morgan fingerprint density at radius 1 is 1.38 bits per heavy atom. The molecule has 1 aliphatic heterocycles. The lowest BCUT2D eigenvalue weighted by Crippen LogP contribution is -2.43. The van der Waals surface area contributed by atoms with Gasteiger partial charge in [0.25, 0.3) is 0 Å². The lowest BCUT2D eigenvalue weighted by Gasteiger charge is -2.27. The Morgan fingerprint density at radius 3 is 2.44 bits per heavy atom. The molecular formula is C12H20N2OS. The SMILES string of the molecule is C=CCN(CC=C)C(=O)CSCC1CNC1. The number of amides is 1. The monoisotopic (exact) mass is 240 g/mol. The van der Waals surface area contributed by atoms with Gasteiger partial charge in [0.1, 0.15) is 0 Å². The number of carbonyl (C=O) groups is 1. The van der Waals surface area contributed by atoms with Crippen LogP contribution in [0.4, 0.5) is 0 Å². The third kappa shape index (κ3) is 4.41. The molecule has 1 fully saturated rings. The molecule has 0 aromatic heterocycles. The van der Waals surface area contributed by atoms with E-state index in [0.717, 1.165) is 24.8 Å². The van der Waals surface area contributed by atoms with E-state index in [0.29, 0.717) is 18.8 Å². The van der Waals surface area contributed by atoms with Crippen molar-refractivity contribution < 1.29 is 4.79 Å². The third-order valence-corrected chi connectivity index (χ3v) is 3.65. The van der Waals surface area contributed by atoms with Gasteiger partial charge >= 0.3 is 0 Å². The van der Waals surface area contributed by atoms with E-state index in [-0.39, 0.29) is 5.91 Å². The number of rotatable bonds is 8. The van der Waals surface area contributed by atoms with Gasteiger partial charge in [-0.1, -0.05) is 12.2 Å². The van der Waals surface area contributed by atoms with Crippen molar-refractivity contribution >= 4 is 17.7 Å². The Hall–Kier alpha value is -0.740. The molecule has 4 heteroatoms. The summed E-state index contributed by atoms with van der Waals surface area (Å²) in [5, 5.41) is 3.23. The van der Waals surface area contributed by atoms with E-state index in [1.165, 1.54) is 0 Å². The van der Waals surface area contributed by atoms with Crippen molar-refractivity contribution in [3.8, 4) is 0 Å². The maximum absolute atomic E-state index is 11.8. The highest BCUT2D eigenvalue weighted by molar-refractivity contribution is 7.99. The summed E-state index contributed by atoms with van der Waals surface area (Å²) in [6.45, 7) is 10.7. The Labute approximate surface area is 102 Å². The first-order valence-electron chi connectivity index (χ1n) is 5.56. The molecule has 0 spiro atoms. The molecule has 1 rings (SSSR count). The molecule has 90 valence electrons. The zero-order chi connectivity index (χ0) is 11.8. The maximum atomic E-state index is 11.8. The summed E-state index contributed by atoms with van der Waals surface area (Å²) in [5.74, 6) is 2.58. The van der Waals surface area contributed by atoms with Gasteiger partial charge in [-0.3, -0.25) is 4.79 Å². The summed E-state index contributed by atoms with van der Waals surface area (Å²) in [6, 6.07) is 0. The van der Waals surface area contributed by atoms with Gasteiger partial charge in [-0.15, -0.1) is 13.2 Å². The molecule has 0 radical (unpaired) electrons. The highest BCUT2D eigenvalue weighted by Crippen LogP contribution is 2.12. The zero-order valence-corrected chi connectivity index (χ0v) is 10.5. The van der Waals surface area contributed by atoms with Crippen LogP contribution in [0.2, 0.25) is 0 Å². The summed E-state index contributed by atoms with van der Waals surface area (Å²) < 4.78 is 0. The molecule has 3 nitrogen and oxygen atoms in total. The van der Waals surface area contributed by atoms with Crippen molar-refractivity contribution in [1.82, 2.24) is 10.2 Å². The van der Waals surface area contributed by atoms with E-state index in [2.05, 4.69) is 18.5 Å². The van der Waals surface area contributed by atoms with Crippen molar-refractivity contribution in [3.63, 3.8) is 0 Å². The van der Waals surface area contributed by atoms with Gasteiger partial charge in [0, 0.05) is 13.1 Å². The van der Waals surface area contributed by atoms with E-state index in [1.54, 1.807) is 28.8 Å². The van der Waals surface area contributed by atoms with Crippen molar-refractivity contribution in [1.29, 1.82) is 0 Å². The number of hydrogen-bond donors (Lipinski definition) is 1. The maximum Gasteiger partial charge on any atom is 0.233 e. The predicted molar refractivity (Wildman–Crippen MR) is 70.7 cm³/mol. The van der Waals surface area contributed by atoms with E-state index >= 15 is 0 Å². The second-order valence-corrected chi connectivity index (χ2v) is 4.95. The number of nitrogens with one attached hydrogen (secondary N) is 1. The first-order chi connectivity index (χ1) is 7.77. The molecule has 1 N–H and O–H groups in total.